The number of fused-ring (bicyclic) bond motifs is 1. The summed E-state index contributed by atoms with van der Waals surface area (Å²) in [5.41, 5.74) is 3.27. The Labute approximate surface area is 105 Å². The highest BCUT2D eigenvalue weighted by molar-refractivity contribution is 6.06. The molecule has 0 saturated heterocycles. The lowest BCUT2D eigenvalue weighted by molar-refractivity contribution is 0.0979. The summed E-state index contributed by atoms with van der Waals surface area (Å²) >= 11 is 0. The van der Waals surface area contributed by atoms with Gasteiger partial charge < -0.3 is 4.90 Å². The van der Waals surface area contributed by atoms with Crippen LogP contribution < -0.4 is 4.90 Å². The number of hydrogen-bond donors (Lipinski definition) is 1. The van der Waals surface area contributed by atoms with Crippen molar-refractivity contribution in [2.75, 3.05) is 11.4 Å². The fourth-order valence-corrected chi connectivity index (χ4v) is 2.36. The normalized spacial score (nSPS) is 14.4. The van der Waals surface area contributed by atoms with Gasteiger partial charge in [0.15, 0.2) is 5.69 Å². The third kappa shape index (κ3) is 1.68. The summed E-state index contributed by atoms with van der Waals surface area (Å²) in [6, 6.07) is 8.03. The monoisotopic (exact) mass is 242 g/mol. The van der Waals surface area contributed by atoms with Gasteiger partial charge in [0.2, 0.25) is 0 Å². The minimum atomic E-state index is -0.0756. The molecule has 1 N–H and O–H groups in total. The number of hydrogen-bond acceptors (Lipinski definition) is 3. The number of aryl methyl sites for hydroxylation is 2. The molecule has 1 aliphatic heterocycles. The van der Waals surface area contributed by atoms with E-state index in [1.165, 1.54) is 5.56 Å². The van der Waals surface area contributed by atoms with Crippen LogP contribution >= 0.6 is 0 Å². The Hall–Kier alpha value is -2.17. The summed E-state index contributed by atoms with van der Waals surface area (Å²) in [7, 11) is 0. The average molecular weight is 242 g/mol. The molecule has 5 heteroatoms. The highest BCUT2D eigenvalue weighted by Crippen LogP contribution is 2.27. The zero-order chi connectivity index (χ0) is 12.5. The van der Waals surface area contributed by atoms with Crippen molar-refractivity contribution in [3.8, 4) is 0 Å². The summed E-state index contributed by atoms with van der Waals surface area (Å²) in [4.78, 5) is 14.2. The molecule has 92 valence electrons. The molecule has 1 aromatic heterocycles. The number of aromatic amines is 1. The van der Waals surface area contributed by atoms with Crippen LogP contribution in [0.15, 0.2) is 24.3 Å². The summed E-state index contributed by atoms with van der Waals surface area (Å²) in [5, 5.41) is 10.3. The third-order valence-electron chi connectivity index (χ3n) is 3.28. The molecule has 0 fully saturated rings. The van der Waals surface area contributed by atoms with E-state index in [1.807, 2.05) is 18.2 Å². The number of carbonyl (C=O) groups excluding carboxylic acids is 1. The summed E-state index contributed by atoms with van der Waals surface area (Å²) in [6.45, 7) is 2.52. The molecule has 0 saturated carbocycles. The van der Waals surface area contributed by atoms with Crippen molar-refractivity contribution in [2.24, 2.45) is 0 Å². The second-order valence-electron chi connectivity index (χ2n) is 4.45. The topological polar surface area (TPSA) is 61.9 Å². The maximum atomic E-state index is 12.4. The lowest BCUT2D eigenvalue weighted by Crippen LogP contribution is -2.36. The van der Waals surface area contributed by atoms with Gasteiger partial charge in [0.25, 0.3) is 5.91 Å². The van der Waals surface area contributed by atoms with Gasteiger partial charge in [-0.3, -0.25) is 4.79 Å². The Morgan fingerprint density at radius 2 is 2.17 bits per heavy atom. The molecule has 0 bridgehead atoms. The lowest BCUT2D eigenvalue weighted by atomic mass is 10.0. The van der Waals surface area contributed by atoms with Crippen LogP contribution in [0, 0.1) is 6.92 Å². The predicted molar refractivity (Wildman–Crippen MR) is 67.6 cm³/mol. The molecular weight excluding hydrogens is 228 g/mol. The highest BCUT2D eigenvalue weighted by atomic mass is 16.2. The molecule has 5 nitrogen and oxygen atoms in total. The summed E-state index contributed by atoms with van der Waals surface area (Å²) < 4.78 is 0. The van der Waals surface area contributed by atoms with Crippen LogP contribution in [0.2, 0.25) is 0 Å². The number of amides is 1. The molecule has 0 aliphatic carbocycles. The SMILES string of the molecule is Cc1n[nH]nc1C(=O)N1CCCc2ccccc21. The van der Waals surface area contributed by atoms with E-state index < -0.39 is 0 Å². The maximum Gasteiger partial charge on any atom is 0.280 e. The van der Waals surface area contributed by atoms with Gasteiger partial charge >= 0.3 is 0 Å². The Morgan fingerprint density at radius 3 is 2.94 bits per heavy atom. The first-order valence-corrected chi connectivity index (χ1v) is 6.04. The van der Waals surface area contributed by atoms with E-state index in [0.717, 1.165) is 25.1 Å². The van der Waals surface area contributed by atoms with Gasteiger partial charge in [-0.2, -0.15) is 15.4 Å². The fraction of sp³-hybridized carbons (Fsp3) is 0.308. The van der Waals surface area contributed by atoms with Crippen molar-refractivity contribution in [3.63, 3.8) is 0 Å². The van der Waals surface area contributed by atoms with E-state index in [1.54, 1.807) is 11.8 Å². The van der Waals surface area contributed by atoms with Gasteiger partial charge in [-0.25, -0.2) is 0 Å². The van der Waals surface area contributed by atoms with Crippen LogP contribution in [0.4, 0.5) is 5.69 Å². The van der Waals surface area contributed by atoms with Crippen molar-refractivity contribution in [3.05, 3.63) is 41.2 Å². The van der Waals surface area contributed by atoms with Gasteiger partial charge in [0.05, 0.1) is 5.69 Å². The van der Waals surface area contributed by atoms with Crippen molar-refractivity contribution >= 4 is 11.6 Å². The molecule has 0 spiro atoms. The van der Waals surface area contributed by atoms with E-state index in [2.05, 4.69) is 21.5 Å². The van der Waals surface area contributed by atoms with Crippen LogP contribution in [-0.4, -0.2) is 27.9 Å². The van der Waals surface area contributed by atoms with E-state index in [0.29, 0.717) is 11.4 Å². The molecular formula is C13H14N4O. The van der Waals surface area contributed by atoms with Crippen molar-refractivity contribution in [1.82, 2.24) is 15.4 Å². The first-order chi connectivity index (χ1) is 8.77. The first-order valence-electron chi connectivity index (χ1n) is 6.04. The average Bonchev–Trinajstić information content (AvgIpc) is 2.83. The Kier molecular flexibility index (Phi) is 2.59. The largest absolute Gasteiger partial charge is 0.307 e. The van der Waals surface area contributed by atoms with E-state index in [-0.39, 0.29) is 5.91 Å². The number of anilines is 1. The second-order valence-corrected chi connectivity index (χ2v) is 4.45. The maximum absolute atomic E-state index is 12.4. The lowest BCUT2D eigenvalue weighted by Gasteiger charge is -2.28. The van der Waals surface area contributed by atoms with Crippen molar-refractivity contribution in [1.29, 1.82) is 0 Å². The summed E-state index contributed by atoms with van der Waals surface area (Å²) in [5.74, 6) is -0.0756. The quantitative estimate of drug-likeness (QED) is 0.828. The number of nitrogens with zero attached hydrogens (tertiary/aromatic N) is 3. The first kappa shape index (κ1) is 11.0. The van der Waals surface area contributed by atoms with Crippen molar-refractivity contribution in [2.45, 2.75) is 19.8 Å². The molecule has 1 aliphatic rings. The number of carbonyl (C=O) groups is 1. The van der Waals surface area contributed by atoms with Crippen LogP contribution in [0.25, 0.3) is 0 Å². The molecule has 0 unspecified atom stereocenters. The zero-order valence-corrected chi connectivity index (χ0v) is 10.2. The number of para-hydroxylation sites is 1. The number of benzene rings is 1. The molecule has 1 amide bonds. The molecule has 2 aromatic rings. The Bertz CT molecular complexity index is 590. The van der Waals surface area contributed by atoms with Crippen molar-refractivity contribution < 1.29 is 4.79 Å². The van der Waals surface area contributed by atoms with E-state index >= 15 is 0 Å². The van der Waals surface area contributed by atoms with Crippen LogP contribution in [0.3, 0.4) is 0 Å². The fourth-order valence-electron chi connectivity index (χ4n) is 2.36. The van der Waals surface area contributed by atoms with E-state index in [9.17, 15) is 4.79 Å². The molecule has 2 heterocycles. The molecule has 0 atom stereocenters. The zero-order valence-electron chi connectivity index (χ0n) is 10.2. The van der Waals surface area contributed by atoms with Gasteiger partial charge in [-0.1, -0.05) is 18.2 Å². The van der Waals surface area contributed by atoms with Crippen LogP contribution in [-0.2, 0) is 6.42 Å². The molecule has 1 aromatic carbocycles. The minimum Gasteiger partial charge on any atom is -0.307 e. The second kappa shape index (κ2) is 4.25. The molecule has 18 heavy (non-hydrogen) atoms. The number of H-pyrrole nitrogens is 1. The smallest absolute Gasteiger partial charge is 0.280 e. The van der Waals surface area contributed by atoms with Gasteiger partial charge in [0.1, 0.15) is 0 Å². The Morgan fingerprint density at radius 1 is 1.33 bits per heavy atom. The van der Waals surface area contributed by atoms with Gasteiger partial charge in [-0.05, 0) is 31.4 Å². The standard InChI is InChI=1S/C13H14N4O/c1-9-12(15-16-14-9)13(18)17-8-4-6-10-5-2-3-7-11(10)17/h2-3,5,7H,4,6,8H2,1H3,(H,14,15,16). The number of nitrogens with one attached hydrogen (secondary N) is 1. The molecule has 3 rings (SSSR count). The summed E-state index contributed by atoms with van der Waals surface area (Å²) in [6.07, 6.45) is 2.01. The molecule has 0 radical (unpaired) electrons. The van der Waals surface area contributed by atoms with E-state index in [4.69, 9.17) is 0 Å². The van der Waals surface area contributed by atoms with Crippen LogP contribution in [0.5, 0.6) is 0 Å². The predicted octanol–water partition coefficient (Wildman–Crippen LogP) is 1.71. The minimum absolute atomic E-state index is 0.0756. The number of aromatic nitrogens is 3. The van der Waals surface area contributed by atoms with Gasteiger partial charge in [-0.15, -0.1) is 0 Å². The Balaban J connectivity index is 2.00. The highest BCUT2D eigenvalue weighted by Gasteiger charge is 2.26. The third-order valence-corrected chi connectivity index (χ3v) is 3.28. The van der Waals surface area contributed by atoms with Gasteiger partial charge in [0, 0.05) is 12.2 Å². The van der Waals surface area contributed by atoms with Crippen LogP contribution in [0.1, 0.15) is 28.2 Å². The number of rotatable bonds is 1.